The smallest absolute Gasteiger partial charge is 0.318 e. The van der Waals surface area contributed by atoms with E-state index in [0.29, 0.717) is 13.2 Å². The van der Waals surface area contributed by atoms with Gasteiger partial charge in [-0.1, -0.05) is 42.5 Å². The number of nitrogens with one attached hydrogen (secondary N) is 1. The highest BCUT2D eigenvalue weighted by molar-refractivity contribution is 5.78. The number of amides is 2. The number of furan rings is 1. The highest BCUT2D eigenvalue weighted by atomic mass is 16.5. The molecule has 0 bridgehead atoms. The van der Waals surface area contributed by atoms with E-state index in [2.05, 4.69) is 11.4 Å². The van der Waals surface area contributed by atoms with Crippen LogP contribution >= 0.6 is 0 Å². The molecule has 3 rings (SSSR count). The van der Waals surface area contributed by atoms with Gasteiger partial charge in [0.2, 0.25) is 0 Å². The normalized spacial score (nSPS) is 12.7. The van der Waals surface area contributed by atoms with E-state index in [-0.39, 0.29) is 17.7 Å². The molecular formula is C24H30N2O3. The van der Waals surface area contributed by atoms with E-state index in [1.165, 1.54) is 0 Å². The molecule has 0 aliphatic rings. The molecule has 5 heteroatoms. The standard InChI is InChI=1S/C24H30N2O3/c1-17(22-14-20-11-6-7-12-21(20)29-22)26(5)23(27)25-15-18-9-8-10-19(13-18)16-28-24(2,3)4/h6-14,17H,15-16H2,1-5H3,(H,25,27). The summed E-state index contributed by atoms with van der Waals surface area (Å²) in [5.41, 5.74) is 2.78. The minimum absolute atomic E-state index is 0.144. The van der Waals surface area contributed by atoms with Crippen LogP contribution in [0.1, 0.15) is 50.6 Å². The molecule has 154 valence electrons. The molecule has 1 atom stereocenters. The first kappa shape index (κ1) is 20.9. The highest BCUT2D eigenvalue weighted by Crippen LogP contribution is 2.26. The quantitative estimate of drug-likeness (QED) is 0.588. The predicted molar refractivity (Wildman–Crippen MR) is 116 cm³/mol. The minimum Gasteiger partial charge on any atom is -0.459 e. The first-order chi connectivity index (χ1) is 13.7. The van der Waals surface area contributed by atoms with Gasteiger partial charge in [0.1, 0.15) is 11.3 Å². The van der Waals surface area contributed by atoms with Crippen LogP contribution in [0.5, 0.6) is 0 Å². The molecule has 29 heavy (non-hydrogen) atoms. The summed E-state index contributed by atoms with van der Waals surface area (Å²) in [5.74, 6) is 0.769. The number of fused-ring (bicyclic) bond motifs is 1. The minimum atomic E-state index is -0.181. The summed E-state index contributed by atoms with van der Waals surface area (Å²) in [6.07, 6.45) is 0. The molecule has 0 fully saturated rings. The largest absolute Gasteiger partial charge is 0.459 e. The van der Waals surface area contributed by atoms with Crippen LogP contribution in [-0.4, -0.2) is 23.6 Å². The molecule has 0 saturated carbocycles. The SMILES string of the molecule is CC(c1cc2ccccc2o1)N(C)C(=O)NCc1cccc(COC(C)(C)C)c1. The summed E-state index contributed by atoms with van der Waals surface area (Å²) in [6, 6.07) is 17.6. The maximum absolute atomic E-state index is 12.6. The number of carbonyl (C=O) groups is 1. The molecule has 2 aromatic carbocycles. The van der Waals surface area contributed by atoms with Crippen molar-refractivity contribution < 1.29 is 13.9 Å². The number of carbonyl (C=O) groups excluding carboxylic acids is 1. The molecule has 1 aromatic heterocycles. The van der Waals surface area contributed by atoms with E-state index in [1.54, 1.807) is 11.9 Å². The predicted octanol–water partition coefficient (Wildman–Crippen LogP) is 5.65. The van der Waals surface area contributed by atoms with Gasteiger partial charge in [0.05, 0.1) is 18.2 Å². The third kappa shape index (κ3) is 5.61. The number of benzene rings is 2. The molecule has 1 heterocycles. The lowest BCUT2D eigenvalue weighted by molar-refractivity contribution is -0.0149. The van der Waals surface area contributed by atoms with Gasteiger partial charge >= 0.3 is 6.03 Å². The Hall–Kier alpha value is -2.79. The summed E-state index contributed by atoms with van der Waals surface area (Å²) in [6.45, 7) is 9.08. The summed E-state index contributed by atoms with van der Waals surface area (Å²) >= 11 is 0. The van der Waals surface area contributed by atoms with Gasteiger partial charge in [-0.05, 0) is 51.0 Å². The van der Waals surface area contributed by atoms with E-state index >= 15 is 0 Å². The molecule has 0 spiro atoms. The van der Waals surface area contributed by atoms with Crippen molar-refractivity contribution in [2.24, 2.45) is 0 Å². The Kier molecular flexibility index (Phi) is 6.28. The summed E-state index contributed by atoms with van der Waals surface area (Å²) in [4.78, 5) is 14.3. The van der Waals surface area contributed by atoms with Crippen molar-refractivity contribution in [3.8, 4) is 0 Å². The zero-order chi connectivity index (χ0) is 21.0. The molecule has 0 saturated heterocycles. The second-order valence-corrected chi connectivity index (χ2v) is 8.35. The van der Waals surface area contributed by atoms with Gasteiger partial charge in [-0.15, -0.1) is 0 Å². The molecule has 2 amide bonds. The van der Waals surface area contributed by atoms with E-state index in [0.717, 1.165) is 27.9 Å². The number of hydrogen-bond acceptors (Lipinski definition) is 3. The van der Waals surface area contributed by atoms with Crippen LogP contribution in [0.4, 0.5) is 4.79 Å². The zero-order valence-corrected chi connectivity index (χ0v) is 17.9. The van der Waals surface area contributed by atoms with Crippen LogP contribution in [0, 0.1) is 0 Å². The summed E-state index contributed by atoms with van der Waals surface area (Å²) in [7, 11) is 1.78. The first-order valence-electron chi connectivity index (χ1n) is 9.94. The van der Waals surface area contributed by atoms with Crippen molar-refractivity contribution >= 4 is 17.0 Å². The van der Waals surface area contributed by atoms with Crippen LogP contribution in [0.2, 0.25) is 0 Å². The summed E-state index contributed by atoms with van der Waals surface area (Å²) in [5, 5.41) is 4.03. The van der Waals surface area contributed by atoms with Gasteiger partial charge in [0.25, 0.3) is 0 Å². The monoisotopic (exact) mass is 394 g/mol. The maximum atomic E-state index is 12.6. The number of ether oxygens (including phenoxy) is 1. The number of para-hydroxylation sites is 1. The Balaban J connectivity index is 1.58. The maximum Gasteiger partial charge on any atom is 0.318 e. The van der Waals surface area contributed by atoms with Gasteiger partial charge in [-0.3, -0.25) is 0 Å². The molecule has 5 nitrogen and oxygen atoms in total. The van der Waals surface area contributed by atoms with Crippen LogP contribution in [0.3, 0.4) is 0 Å². The van der Waals surface area contributed by atoms with Crippen molar-refractivity contribution in [3.63, 3.8) is 0 Å². The van der Waals surface area contributed by atoms with Crippen LogP contribution in [-0.2, 0) is 17.9 Å². The average molecular weight is 395 g/mol. The van der Waals surface area contributed by atoms with Crippen molar-refractivity contribution in [2.45, 2.75) is 52.5 Å². The van der Waals surface area contributed by atoms with Crippen LogP contribution in [0.25, 0.3) is 11.0 Å². The lowest BCUT2D eigenvalue weighted by Crippen LogP contribution is -2.38. The number of nitrogens with zero attached hydrogens (tertiary/aromatic N) is 1. The molecular weight excluding hydrogens is 364 g/mol. The second-order valence-electron chi connectivity index (χ2n) is 8.35. The molecule has 3 aromatic rings. The molecule has 1 unspecified atom stereocenters. The van der Waals surface area contributed by atoms with E-state index < -0.39 is 0 Å². The number of hydrogen-bond donors (Lipinski definition) is 1. The average Bonchev–Trinajstić information content (AvgIpc) is 3.13. The summed E-state index contributed by atoms with van der Waals surface area (Å²) < 4.78 is 11.7. The fourth-order valence-electron chi connectivity index (χ4n) is 3.01. The third-order valence-electron chi connectivity index (χ3n) is 4.86. The van der Waals surface area contributed by atoms with E-state index in [4.69, 9.17) is 9.15 Å². The van der Waals surface area contributed by atoms with Crippen molar-refractivity contribution in [3.05, 3.63) is 71.5 Å². The molecule has 0 radical (unpaired) electrons. The Morgan fingerprint density at radius 2 is 1.83 bits per heavy atom. The van der Waals surface area contributed by atoms with E-state index in [1.807, 2.05) is 76.2 Å². The van der Waals surface area contributed by atoms with Crippen molar-refractivity contribution in [1.29, 1.82) is 0 Å². The van der Waals surface area contributed by atoms with Gasteiger partial charge in [0.15, 0.2) is 0 Å². The Morgan fingerprint density at radius 3 is 2.55 bits per heavy atom. The number of urea groups is 1. The van der Waals surface area contributed by atoms with Gasteiger partial charge in [-0.25, -0.2) is 4.79 Å². The zero-order valence-electron chi connectivity index (χ0n) is 17.9. The molecule has 0 aliphatic carbocycles. The highest BCUT2D eigenvalue weighted by Gasteiger charge is 2.20. The van der Waals surface area contributed by atoms with Gasteiger partial charge in [-0.2, -0.15) is 0 Å². The lowest BCUT2D eigenvalue weighted by atomic mass is 10.1. The second kappa shape index (κ2) is 8.70. The van der Waals surface area contributed by atoms with Gasteiger partial charge < -0.3 is 19.4 Å². The molecule has 0 aliphatic heterocycles. The fraction of sp³-hybridized carbons (Fsp3) is 0.375. The Labute approximate surface area is 172 Å². The van der Waals surface area contributed by atoms with Crippen LogP contribution in [0.15, 0.2) is 59.0 Å². The van der Waals surface area contributed by atoms with Gasteiger partial charge in [0, 0.05) is 19.0 Å². The Morgan fingerprint density at radius 1 is 1.10 bits per heavy atom. The van der Waals surface area contributed by atoms with Crippen molar-refractivity contribution in [2.75, 3.05) is 7.05 Å². The van der Waals surface area contributed by atoms with Crippen LogP contribution < -0.4 is 5.32 Å². The lowest BCUT2D eigenvalue weighted by Gasteiger charge is -2.23. The third-order valence-corrected chi connectivity index (χ3v) is 4.86. The molecule has 1 N–H and O–H groups in total. The Bertz CT molecular complexity index is 938. The fourth-order valence-corrected chi connectivity index (χ4v) is 3.01. The number of rotatable bonds is 6. The first-order valence-corrected chi connectivity index (χ1v) is 9.94. The van der Waals surface area contributed by atoms with Crippen molar-refractivity contribution in [1.82, 2.24) is 10.2 Å². The topological polar surface area (TPSA) is 54.7 Å². The van der Waals surface area contributed by atoms with E-state index in [9.17, 15) is 4.79 Å².